The highest BCUT2D eigenvalue weighted by molar-refractivity contribution is 4.64. The smallest absolute Gasteiger partial charge is 0.167 e. The fourth-order valence-electron chi connectivity index (χ4n) is 0.551. The van der Waals surface area contributed by atoms with Crippen molar-refractivity contribution in [1.29, 1.82) is 0 Å². The molecule has 0 fully saturated rings. The highest BCUT2D eigenvalue weighted by Gasteiger charge is 2.18. The molecule has 0 rings (SSSR count). The van der Waals surface area contributed by atoms with Gasteiger partial charge < -0.3 is 15.3 Å². The molecule has 0 aromatic carbocycles. The van der Waals surface area contributed by atoms with Gasteiger partial charge in [-0.1, -0.05) is 0 Å². The predicted molar refractivity (Wildman–Crippen MR) is 37.1 cm³/mol. The van der Waals surface area contributed by atoms with Gasteiger partial charge >= 0.3 is 0 Å². The lowest BCUT2D eigenvalue weighted by Crippen LogP contribution is -2.43. The van der Waals surface area contributed by atoms with E-state index in [-0.39, 0.29) is 0 Å². The maximum Gasteiger partial charge on any atom is 0.167 e. The number of aliphatic hydroxyl groups excluding tert-OH is 2. The maximum atomic E-state index is 8.94. The molecular formula is C6H15NO3. The van der Waals surface area contributed by atoms with E-state index in [9.17, 15) is 0 Å². The normalized spacial score (nSPS) is 18.0. The summed E-state index contributed by atoms with van der Waals surface area (Å²) in [7, 11) is 1.62. The minimum absolute atomic E-state index is 0.444. The number of nitrogens with zero attached hydrogens (tertiary/aromatic N) is 1. The first kappa shape index (κ1) is 9.84. The molecule has 10 heavy (non-hydrogen) atoms. The van der Waals surface area contributed by atoms with Gasteiger partial charge in [-0.05, 0) is 20.9 Å². The molecule has 0 aliphatic carbocycles. The van der Waals surface area contributed by atoms with Gasteiger partial charge in [0.25, 0.3) is 0 Å². The fourth-order valence-corrected chi connectivity index (χ4v) is 0.551. The Morgan fingerprint density at radius 3 is 1.60 bits per heavy atom. The van der Waals surface area contributed by atoms with Crippen LogP contribution in [0.3, 0.4) is 0 Å². The Balaban J connectivity index is 3.81. The van der Waals surface area contributed by atoms with Crippen molar-refractivity contribution < 1.29 is 15.3 Å². The van der Waals surface area contributed by atoms with Crippen molar-refractivity contribution in [1.82, 2.24) is 4.90 Å². The summed E-state index contributed by atoms with van der Waals surface area (Å²) < 4.78 is 0. The lowest BCUT2D eigenvalue weighted by molar-refractivity contribution is -0.120. The SMILES string of the molecule is CC(O)N(C)[C@@H](C)C(O)O. The summed E-state index contributed by atoms with van der Waals surface area (Å²) in [4.78, 5) is 1.46. The van der Waals surface area contributed by atoms with Crippen LogP contribution in [0.2, 0.25) is 0 Å². The third kappa shape index (κ3) is 2.62. The van der Waals surface area contributed by atoms with Crippen LogP contribution in [0.4, 0.5) is 0 Å². The van der Waals surface area contributed by atoms with Gasteiger partial charge in [-0.25, -0.2) is 0 Å². The molecule has 2 atom stereocenters. The van der Waals surface area contributed by atoms with E-state index in [1.165, 1.54) is 4.90 Å². The van der Waals surface area contributed by atoms with Crippen molar-refractivity contribution in [3.05, 3.63) is 0 Å². The molecule has 3 N–H and O–H groups in total. The number of hydrogen-bond acceptors (Lipinski definition) is 4. The van der Waals surface area contributed by atoms with Gasteiger partial charge in [-0.15, -0.1) is 0 Å². The fraction of sp³-hybridized carbons (Fsp3) is 1.00. The zero-order valence-electron chi connectivity index (χ0n) is 6.52. The quantitative estimate of drug-likeness (QED) is 0.448. The third-order valence-electron chi connectivity index (χ3n) is 1.66. The molecule has 4 nitrogen and oxygen atoms in total. The van der Waals surface area contributed by atoms with Gasteiger partial charge in [-0.2, -0.15) is 0 Å². The van der Waals surface area contributed by atoms with Crippen LogP contribution in [0.5, 0.6) is 0 Å². The summed E-state index contributed by atoms with van der Waals surface area (Å²) in [5, 5.41) is 26.2. The van der Waals surface area contributed by atoms with E-state index >= 15 is 0 Å². The molecule has 0 saturated heterocycles. The average Bonchev–Trinajstić information content (AvgIpc) is 1.84. The molecule has 0 aromatic rings. The van der Waals surface area contributed by atoms with Crippen molar-refractivity contribution in [3.8, 4) is 0 Å². The summed E-state index contributed by atoms with van der Waals surface area (Å²) in [5.41, 5.74) is 0. The first-order valence-electron chi connectivity index (χ1n) is 3.23. The zero-order valence-corrected chi connectivity index (χ0v) is 6.52. The Morgan fingerprint density at radius 1 is 1.10 bits per heavy atom. The van der Waals surface area contributed by atoms with Crippen LogP contribution in [0.25, 0.3) is 0 Å². The van der Waals surface area contributed by atoms with E-state index in [1.807, 2.05) is 0 Å². The van der Waals surface area contributed by atoms with Gasteiger partial charge in [0.2, 0.25) is 0 Å². The largest absolute Gasteiger partial charge is 0.379 e. The molecular weight excluding hydrogens is 134 g/mol. The van der Waals surface area contributed by atoms with E-state index in [1.54, 1.807) is 20.9 Å². The summed E-state index contributed by atoms with van der Waals surface area (Å²) in [6, 6.07) is -0.444. The molecule has 4 heteroatoms. The molecule has 0 heterocycles. The van der Waals surface area contributed by atoms with Crippen LogP contribution in [0.1, 0.15) is 13.8 Å². The highest BCUT2D eigenvalue weighted by Crippen LogP contribution is 2.01. The Labute approximate surface area is 60.7 Å². The number of aliphatic hydroxyl groups is 3. The van der Waals surface area contributed by atoms with Crippen LogP contribution in [0.15, 0.2) is 0 Å². The van der Waals surface area contributed by atoms with E-state index in [0.717, 1.165) is 0 Å². The Morgan fingerprint density at radius 2 is 1.50 bits per heavy atom. The lowest BCUT2D eigenvalue weighted by Gasteiger charge is -2.28. The summed E-state index contributed by atoms with van der Waals surface area (Å²) in [6.45, 7) is 3.19. The lowest BCUT2D eigenvalue weighted by atomic mass is 10.3. The van der Waals surface area contributed by atoms with Crippen LogP contribution in [0, 0.1) is 0 Å². The van der Waals surface area contributed by atoms with Gasteiger partial charge in [0.15, 0.2) is 6.29 Å². The zero-order chi connectivity index (χ0) is 8.31. The molecule has 0 aliphatic rings. The second kappa shape index (κ2) is 3.88. The van der Waals surface area contributed by atoms with Crippen molar-refractivity contribution in [2.24, 2.45) is 0 Å². The topological polar surface area (TPSA) is 63.9 Å². The van der Waals surface area contributed by atoms with Gasteiger partial charge in [0.05, 0.1) is 6.04 Å². The van der Waals surface area contributed by atoms with Crippen molar-refractivity contribution in [2.75, 3.05) is 7.05 Å². The van der Waals surface area contributed by atoms with Crippen LogP contribution in [-0.4, -0.2) is 45.8 Å². The molecule has 0 saturated carbocycles. The van der Waals surface area contributed by atoms with Crippen LogP contribution < -0.4 is 0 Å². The van der Waals surface area contributed by atoms with E-state index in [2.05, 4.69) is 0 Å². The second-order valence-electron chi connectivity index (χ2n) is 2.45. The van der Waals surface area contributed by atoms with Crippen LogP contribution >= 0.6 is 0 Å². The summed E-state index contributed by atoms with van der Waals surface area (Å²) >= 11 is 0. The summed E-state index contributed by atoms with van der Waals surface area (Å²) in [6.07, 6.45) is -2.06. The molecule has 0 aliphatic heterocycles. The van der Waals surface area contributed by atoms with E-state index < -0.39 is 18.6 Å². The van der Waals surface area contributed by atoms with Gasteiger partial charge in [0.1, 0.15) is 6.23 Å². The summed E-state index contributed by atoms with van der Waals surface area (Å²) in [5.74, 6) is 0. The molecule has 1 unspecified atom stereocenters. The van der Waals surface area contributed by atoms with Crippen LogP contribution in [-0.2, 0) is 0 Å². The predicted octanol–water partition coefficient (Wildman–Crippen LogP) is -1.04. The Hall–Kier alpha value is -0.160. The minimum Gasteiger partial charge on any atom is -0.379 e. The number of hydrogen-bond donors (Lipinski definition) is 3. The minimum atomic E-state index is -1.40. The van der Waals surface area contributed by atoms with Crippen molar-refractivity contribution in [3.63, 3.8) is 0 Å². The molecule has 0 spiro atoms. The standard InChI is InChI=1S/C6H15NO3/c1-4(6(9)10)7(3)5(2)8/h4-6,8-10H,1-3H3/t4-,5?/m0/s1. The third-order valence-corrected chi connectivity index (χ3v) is 1.66. The molecule has 0 radical (unpaired) electrons. The number of rotatable bonds is 3. The van der Waals surface area contributed by atoms with E-state index in [0.29, 0.717) is 0 Å². The molecule has 0 bridgehead atoms. The Bertz CT molecular complexity index is 83.0. The van der Waals surface area contributed by atoms with Gasteiger partial charge in [-0.3, -0.25) is 4.90 Å². The van der Waals surface area contributed by atoms with Gasteiger partial charge in [0, 0.05) is 0 Å². The Kier molecular flexibility index (Phi) is 3.81. The molecule has 0 amide bonds. The molecule has 62 valence electrons. The molecule has 0 aromatic heterocycles. The highest BCUT2D eigenvalue weighted by atomic mass is 16.5. The average molecular weight is 149 g/mol. The number of likely N-dealkylation sites (N-methyl/N-ethyl adjacent to an activating group) is 1. The van der Waals surface area contributed by atoms with Crippen molar-refractivity contribution >= 4 is 0 Å². The second-order valence-corrected chi connectivity index (χ2v) is 2.45. The van der Waals surface area contributed by atoms with E-state index in [4.69, 9.17) is 15.3 Å². The monoisotopic (exact) mass is 149 g/mol. The van der Waals surface area contributed by atoms with Crippen molar-refractivity contribution in [2.45, 2.75) is 32.4 Å². The first-order chi connectivity index (χ1) is 4.46. The maximum absolute atomic E-state index is 8.94. The first-order valence-corrected chi connectivity index (χ1v) is 3.23.